The van der Waals surface area contributed by atoms with Crippen LogP contribution in [0.5, 0.6) is 0 Å². The molecular formula is C14H17ClFN3. The van der Waals surface area contributed by atoms with E-state index in [1.807, 2.05) is 26.4 Å². The maximum atomic E-state index is 13.1. The van der Waals surface area contributed by atoms with E-state index in [0.29, 0.717) is 5.02 Å². The molecular weight excluding hydrogens is 265 g/mol. The average Bonchev–Trinajstić information content (AvgIpc) is 2.74. The molecule has 0 aliphatic carbocycles. The Bertz CT molecular complexity index is 553. The minimum absolute atomic E-state index is 0.0577. The fourth-order valence-electron chi connectivity index (χ4n) is 2.14. The Morgan fingerprint density at radius 2 is 2.26 bits per heavy atom. The Morgan fingerprint density at radius 3 is 2.84 bits per heavy atom. The predicted molar refractivity (Wildman–Crippen MR) is 74.7 cm³/mol. The van der Waals surface area contributed by atoms with E-state index >= 15 is 0 Å². The Morgan fingerprint density at radius 1 is 1.47 bits per heavy atom. The van der Waals surface area contributed by atoms with Crippen molar-refractivity contribution in [2.45, 2.75) is 19.4 Å². The Hall–Kier alpha value is -1.39. The lowest BCUT2D eigenvalue weighted by molar-refractivity contribution is 0.547. The van der Waals surface area contributed by atoms with Gasteiger partial charge in [-0.15, -0.1) is 0 Å². The molecule has 102 valence electrons. The number of aryl methyl sites for hydroxylation is 1. The quantitative estimate of drug-likeness (QED) is 0.913. The second kappa shape index (κ2) is 6.17. The summed E-state index contributed by atoms with van der Waals surface area (Å²) >= 11 is 6.13. The summed E-state index contributed by atoms with van der Waals surface area (Å²) in [4.78, 5) is 0. The van der Waals surface area contributed by atoms with Crippen molar-refractivity contribution in [3.63, 3.8) is 0 Å². The number of hydrogen-bond acceptors (Lipinski definition) is 2. The molecule has 0 bridgehead atoms. The molecule has 0 radical (unpaired) electrons. The highest BCUT2D eigenvalue weighted by atomic mass is 35.5. The van der Waals surface area contributed by atoms with Crippen LogP contribution in [-0.2, 0) is 13.5 Å². The summed E-state index contributed by atoms with van der Waals surface area (Å²) in [5.74, 6) is -0.314. The lowest BCUT2D eigenvalue weighted by atomic mass is 10.0. The van der Waals surface area contributed by atoms with Crippen molar-refractivity contribution in [1.82, 2.24) is 15.1 Å². The Labute approximate surface area is 117 Å². The van der Waals surface area contributed by atoms with Gasteiger partial charge in [0.15, 0.2) is 0 Å². The summed E-state index contributed by atoms with van der Waals surface area (Å²) in [6.45, 7) is 2.85. The van der Waals surface area contributed by atoms with E-state index in [1.165, 1.54) is 12.1 Å². The van der Waals surface area contributed by atoms with Gasteiger partial charge in [-0.25, -0.2) is 4.39 Å². The minimum atomic E-state index is -0.314. The maximum Gasteiger partial charge on any atom is 0.124 e. The number of hydrogen-bond donors (Lipinski definition) is 1. The third-order valence-corrected chi connectivity index (χ3v) is 3.31. The highest BCUT2D eigenvalue weighted by Gasteiger charge is 2.15. The molecule has 0 fully saturated rings. The molecule has 5 heteroatoms. The third kappa shape index (κ3) is 3.55. The third-order valence-electron chi connectivity index (χ3n) is 2.99. The average molecular weight is 282 g/mol. The molecule has 0 amide bonds. The molecule has 1 unspecified atom stereocenters. The van der Waals surface area contributed by atoms with E-state index in [2.05, 4.69) is 10.4 Å². The number of likely N-dealkylation sites (N-methyl/N-ethyl adjacent to an activating group) is 1. The molecule has 1 aromatic heterocycles. The van der Waals surface area contributed by atoms with Crippen LogP contribution in [0.2, 0.25) is 5.02 Å². The molecule has 2 rings (SSSR count). The van der Waals surface area contributed by atoms with Crippen LogP contribution in [0, 0.1) is 5.82 Å². The van der Waals surface area contributed by atoms with Gasteiger partial charge in [0.05, 0.1) is 6.20 Å². The van der Waals surface area contributed by atoms with E-state index in [0.717, 1.165) is 24.1 Å². The van der Waals surface area contributed by atoms with Crippen molar-refractivity contribution >= 4 is 11.6 Å². The number of rotatable bonds is 5. The number of aromatic nitrogens is 2. The molecule has 0 aliphatic heterocycles. The van der Waals surface area contributed by atoms with Crippen LogP contribution in [0.25, 0.3) is 0 Å². The summed E-state index contributed by atoms with van der Waals surface area (Å²) in [5.41, 5.74) is 2.03. The van der Waals surface area contributed by atoms with Gasteiger partial charge in [-0.2, -0.15) is 5.10 Å². The van der Waals surface area contributed by atoms with Gasteiger partial charge >= 0.3 is 0 Å². The van der Waals surface area contributed by atoms with Crippen molar-refractivity contribution in [2.75, 3.05) is 6.54 Å². The summed E-state index contributed by atoms with van der Waals surface area (Å²) in [6.07, 6.45) is 4.58. The number of halogens is 2. The van der Waals surface area contributed by atoms with Crippen molar-refractivity contribution in [2.24, 2.45) is 7.05 Å². The molecule has 0 saturated heterocycles. The maximum absolute atomic E-state index is 13.1. The van der Waals surface area contributed by atoms with Gasteiger partial charge in [-0.1, -0.05) is 24.6 Å². The van der Waals surface area contributed by atoms with Gasteiger partial charge in [-0.3, -0.25) is 4.68 Å². The lowest BCUT2D eigenvalue weighted by Gasteiger charge is -2.19. The standard InChI is InChI=1S/C14H17ClFN3/c1-3-17-14(6-10-8-18-19(2)9-10)12-5-4-11(16)7-13(12)15/h4-5,7-9,14,17H,3,6H2,1-2H3. The van der Waals surface area contributed by atoms with Gasteiger partial charge in [0.25, 0.3) is 0 Å². The predicted octanol–water partition coefficient (Wildman–Crippen LogP) is 3.11. The minimum Gasteiger partial charge on any atom is -0.310 e. The van der Waals surface area contributed by atoms with Gasteiger partial charge in [0.1, 0.15) is 5.82 Å². The highest BCUT2D eigenvalue weighted by molar-refractivity contribution is 6.31. The first kappa shape index (κ1) is 14.0. The molecule has 1 aromatic carbocycles. The largest absolute Gasteiger partial charge is 0.310 e. The van der Waals surface area contributed by atoms with Crippen LogP contribution in [-0.4, -0.2) is 16.3 Å². The van der Waals surface area contributed by atoms with E-state index in [4.69, 9.17) is 11.6 Å². The normalized spacial score (nSPS) is 12.6. The van der Waals surface area contributed by atoms with Crippen LogP contribution in [0.15, 0.2) is 30.6 Å². The topological polar surface area (TPSA) is 29.9 Å². The van der Waals surface area contributed by atoms with Crippen LogP contribution >= 0.6 is 11.6 Å². The first-order valence-corrected chi connectivity index (χ1v) is 6.63. The summed E-state index contributed by atoms with van der Waals surface area (Å²) in [6, 6.07) is 4.59. The zero-order valence-corrected chi connectivity index (χ0v) is 11.8. The van der Waals surface area contributed by atoms with Crippen LogP contribution in [0.3, 0.4) is 0 Å². The van der Waals surface area contributed by atoms with E-state index in [-0.39, 0.29) is 11.9 Å². The van der Waals surface area contributed by atoms with Crippen molar-refractivity contribution in [3.05, 3.63) is 52.6 Å². The molecule has 19 heavy (non-hydrogen) atoms. The molecule has 1 atom stereocenters. The summed E-state index contributed by atoms with van der Waals surface area (Å²) in [5, 5.41) is 7.98. The van der Waals surface area contributed by atoms with Crippen LogP contribution < -0.4 is 5.32 Å². The molecule has 3 nitrogen and oxygen atoms in total. The molecule has 0 aliphatic rings. The monoisotopic (exact) mass is 281 g/mol. The van der Waals surface area contributed by atoms with Gasteiger partial charge in [0, 0.05) is 24.3 Å². The van der Waals surface area contributed by atoms with Gasteiger partial charge < -0.3 is 5.32 Å². The second-order valence-corrected chi connectivity index (χ2v) is 4.91. The molecule has 1 N–H and O–H groups in total. The van der Waals surface area contributed by atoms with Crippen molar-refractivity contribution in [3.8, 4) is 0 Å². The van der Waals surface area contributed by atoms with E-state index < -0.39 is 0 Å². The molecule has 0 saturated carbocycles. The van der Waals surface area contributed by atoms with Crippen molar-refractivity contribution in [1.29, 1.82) is 0 Å². The van der Waals surface area contributed by atoms with Gasteiger partial charge in [0.2, 0.25) is 0 Å². The summed E-state index contributed by atoms with van der Waals surface area (Å²) in [7, 11) is 1.89. The smallest absolute Gasteiger partial charge is 0.124 e. The Balaban J connectivity index is 2.23. The fourth-order valence-corrected chi connectivity index (χ4v) is 2.43. The number of nitrogens with zero attached hydrogens (tertiary/aromatic N) is 2. The van der Waals surface area contributed by atoms with E-state index in [9.17, 15) is 4.39 Å². The molecule has 1 heterocycles. The number of nitrogens with one attached hydrogen (secondary N) is 1. The first-order chi connectivity index (χ1) is 9.10. The van der Waals surface area contributed by atoms with Crippen LogP contribution in [0.1, 0.15) is 24.1 Å². The Kier molecular flexibility index (Phi) is 4.56. The lowest BCUT2D eigenvalue weighted by Crippen LogP contribution is -2.23. The highest BCUT2D eigenvalue weighted by Crippen LogP contribution is 2.26. The van der Waals surface area contributed by atoms with Crippen LogP contribution in [0.4, 0.5) is 4.39 Å². The second-order valence-electron chi connectivity index (χ2n) is 4.50. The van der Waals surface area contributed by atoms with E-state index in [1.54, 1.807) is 10.7 Å². The van der Waals surface area contributed by atoms with Gasteiger partial charge in [-0.05, 0) is 36.2 Å². The zero-order chi connectivity index (χ0) is 13.8. The first-order valence-electron chi connectivity index (χ1n) is 6.26. The SMILES string of the molecule is CCNC(Cc1cnn(C)c1)c1ccc(F)cc1Cl. The fraction of sp³-hybridized carbons (Fsp3) is 0.357. The molecule has 0 spiro atoms. The van der Waals surface area contributed by atoms with Crippen molar-refractivity contribution < 1.29 is 4.39 Å². The zero-order valence-electron chi connectivity index (χ0n) is 11.0. The summed E-state index contributed by atoms with van der Waals surface area (Å²) < 4.78 is 14.9. The number of benzene rings is 1. The molecule has 2 aromatic rings.